The van der Waals surface area contributed by atoms with Crippen molar-refractivity contribution >= 4 is 17.6 Å². The fourth-order valence-electron chi connectivity index (χ4n) is 3.65. The van der Waals surface area contributed by atoms with Crippen LogP contribution < -0.4 is 4.90 Å². The summed E-state index contributed by atoms with van der Waals surface area (Å²) >= 11 is 0. The molecule has 2 aliphatic rings. The molecule has 1 saturated carbocycles. The number of carbonyl (C=O) groups excluding carboxylic acids is 1. The molecule has 1 aromatic carbocycles. The van der Waals surface area contributed by atoms with Crippen LogP contribution in [0.5, 0.6) is 0 Å². The van der Waals surface area contributed by atoms with Crippen molar-refractivity contribution < 1.29 is 14.7 Å². The van der Waals surface area contributed by atoms with Crippen molar-refractivity contribution in [3.05, 3.63) is 29.8 Å². The van der Waals surface area contributed by atoms with Gasteiger partial charge in [-0.05, 0) is 50.7 Å². The molecule has 1 heterocycles. The molecule has 1 aliphatic heterocycles. The molecule has 1 unspecified atom stereocenters. The van der Waals surface area contributed by atoms with Gasteiger partial charge in [-0.15, -0.1) is 0 Å². The van der Waals surface area contributed by atoms with Crippen molar-refractivity contribution in [2.75, 3.05) is 4.90 Å². The first-order valence-electron chi connectivity index (χ1n) is 7.71. The number of hydrogen-bond donors (Lipinski definition) is 1. The maximum atomic E-state index is 12.9. The molecule has 1 aromatic rings. The number of fused-ring (bicyclic) bond motifs is 1. The fraction of sp³-hybridized carbons (Fsp3) is 0.529. The largest absolute Gasteiger partial charge is 0.481 e. The molecule has 4 heteroatoms. The molecule has 1 amide bonds. The van der Waals surface area contributed by atoms with Gasteiger partial charge in [-0.3, -0.25) is 9.59 Å². The molecule has 1 fully saturated rings. The highest BCUT2D eigenvalue weighted by Gasteiger charge is 2.38. The van der Waals surface area contributed by atoms with Gasteiger partial charge >= 0.3 is 5.97 Å². The summed E-state index contributed by atoms with van der Waals surface area (Å²) in [6.07, 6.45) is 3.78. The van der Waals surface area contributed by atoms with Crippen LogP contribution in [0.4, 0.5) is 5.69 Å². The van der Waals surface area contributed by atoms with Crippen LogP contribution in [0.25, 0.3) is 0 Å². The lowest BCUT2D eigenvalue weighted by atomic mass is 9.94. The third-order valence-electron chi connectivity index (χ3n) is 4.89. The third kappa shape index (κ3) is 2.55. The van der Waals surface area contributed by atoms with E-state index < -0.39 is 5.97 Å². The Balaban J connectivity index is 1.83. The SMILES string of the molecule is CC1CCc2ccccc2N1C(=O)[C@@H]1CC[C@H](C(=O)O)C1. The van der Waals surface area contributed by atoms with Crippen LogP contribution in [0.15, 0.2) is 24.3 Å². The Morgan fingerprint density at radius 2 is 1.86 bits per heavy atom. The van der Waals surface area contributed by atoms with E-state index in [2.05, 4.69) is 13.0 Å². The zero-order chi connectivity index (χ0) is 15.0. The second-order valence-corrected chi connectivity index (χ2v) is 6.27. The summed E-state index contributed by atoms with van der Waals surface area (Å²) in [5.41, 5.74) is 2.23. The van der Waals surface area contributed by atoms with E-state index in [4.69, 9.17) is 5.11 Å². The number of carboxylic acids is 1. The number of carbonyl (C=O) groups is 2. The van der Waals surface area contributed by atoms with Crippen LogP contribution in [0.3, 0.4) is 0 Å². The lowest BCUT2D eigenvalue weighted by Crippen LogP contribution is -2.44. The van der Waals surface area contributed by atoms with Crippen LogP contribution in [-0.4, -0.2) is 23.0 Å². The Bertz CT molecular complexity index is 569. The quantitative estimate of drug-likeness (QED) is 0.910. The summed E-state index contributed by atoms with van der Waals surface area (Å²) in [6, 6.07) is 8.25. The number of para-hydroxylation sites is 1. The Labute approximate surface area is 124 Å². The van der Waals surface area contributed by atoms with E-state index in [1.165, 1.54) is 5.56 Å². The molecular weight excluding hydrogens is 266 g/mol. The smallest absolute Gasteiger partial charge is 0.306 e. The first-order chi connectivity index (χ1) is 10.1. The summed E-state index contributed by atoms with van der Waals surface area (Å²) < 4.78 is 0. The minimum Gasteiger partial charge on any atom is -0.481 e. The van der Waals surface area contributed by atoms with E-state index in [0.717, 1.165) is 18.5 Å². The van der Waals surface area contributed by atoms with Crippen molar-refractivity contribution in [1.29, 1.82) is 0 Å². The Morgan fingerprint density at radius 3 is 2.57 bits per heavy atom. The standard InChI is InChI=1S/C17H21NO3/c1-11-6-7-12-4-2-3-5-15(12)18(11)16(19)13-8-9-14(10-13)17(20)21/h2-5,11,13-14H,6-10H2,1H3,(H,20,21)/t11?,13-,14+/m1/s1. The highest BCUT2D eigenvalue weighted by atomic mass is 16.4. The molecule has 21 heavy (non-hydrogen) atoms. The van der Waals surface area contributed by atoms with E-state index in [0.29, 0.717) is 19.3 Å². The van der Waals surface area contributed by atoms with Gasteiger partial charge in [0, 0.05) is 17.6 Å². The zero-order valence-electron chi connectivity index (χ0n) is 12.3. The van der Waals surface area contributed by atoms with Gasteiger partial charge in [0.1, 0.15) is 0 Å². The van der Waals surface area contributed by atoms with Gasteiger partial charge in [0.05, 0.1) is 5.92 Å². The summed E-state index contributed by atoms with van der Waals surface area (Å²) in [7, 11) is 0. The topological polar surface area (TPSA) is 57.6 Å². The van der Waals surface area contributed by atoms with Gasteiger partial charge < -0.3 is 10.0 Å². The van der Waals surface area contributed by atoms with Gasteiger partial charge in [-0.25, -0.2) is 0 Å². The maximum Gasteiger partial charge on any atom is 0.306 e. The predicted molar refractivity (Wildman–Crippen MR) is 80.2 cm³/mol. The molecule has 112 valence electrons. The Morgan fingerprint density at radius 1 is 1.14 bits per heavy atom. The highest BCUT2D eigenvalue weighted by Crippen LogP contribution is 2.37. The second-order valence-electron chi connectivity index (χ2n) is 6.27. The second kappa shape index (κ2) is 5.51. The molecule has 3 rings (SSSR count). The molecule has 3 atom stereocenters. The van der Waals surface area contributed by atoms with Crippen LogP contribution in [0, 0.1) is 11.8 Å². The third-order valence-corrected chi connectivity index (χ3v) is 4.89. The summed E-state index contributed by atoms with van der Waals surface area (Å²) in [6.45, 7) is 2.08. The van der Waals surface area contributed by atoms with E-state index in [1.54, 1.807) is 0 Å². The van der Waals surface area contributed by atoms with E-state index >= 15 is 0 Å². The minimum absolute atomic E-state index is 0.110. The van der Waals surface area contributed by atoms with E-state index in [1.807, 2.05) is 23.1 Å². The van der Waals surface area contributed by atoms with E-state index in [9.17, 15) is 9.59 Å². The number of rotatable bonds is 2. The zero-order valence-corrected chi connectivity index (χ0v) is 12.3. The van der Waals surface area contributed by atoms with Crippen LogP contribution in [0.1, 0.15) is 38.2 Å². The number of carboxylic acid groups (broad SMARTS) is 1. The Hall–Kier alpha value is -1.84. The van der Waals surface area contributed by atoms with Crippen LogP contribution in [-0.2, 0) is 16.0 Å². The number of amides is 1. The summed E-state index contributed by atoms with van der Waals surface area (Å²) in [5, 5.41) is 9.11. The lowest BCUT2D eigenvalue weighted by Gasteiger charge is -2.37. The van der Waals surface area contributed by atoms with Crippen molar-refractivity contribution in [1.82, 2.24) is 0 Å². The predicted octanol–water partition coefficient (Wildman–Crippen LogP) is 2.86. The number of aliphatic carboxylic acids is 1. The maximum absolute atomic E-state index is 12.9. The molecule has 4 nitrogen and oxygen atoms in total. The van der Waals surface area contributed by atoms with Gasteiger partial charge in [0.15, 0.2) is 0 Å². The molecular formula is C17H21NO3. The number of benzene rings is 1. The van der Waals surface area contributed by atoms with Crippen LogP contribution >= 0.6 is 0 Å². The van der Waals surface area contributed by atoms with Crippen molar-refractivity contribution in [2.24, 2.45) is 11.8 Å². The average Bonchev–Trinajstić information content (AvgIpc) is 2.96. The first-order valence-corrected chi connectivity index (χ1v) is 7.71. The molecule has 0 spiro atoms. The monoisotopic (exact) mass is 287 g/mol. The van der Waals surface area contributed by atoms with Gasteiger partial charge in [0.25, 0.3) is 0 Å². The van der Waals surface area contributed by atoms with Crippen molar-refractivity contribution in [3.63, 3.8) is 0 Å². The lowest BCUT2D eigenvalue weighted by molar-refractivity contribution is -0.141. The molecule has 0 saturated heterocycles. The summed E-state index contributed by atoms with van der Waals surface area (Å²) in [4.78, 5) is 25.9. The van der Waals surface area contributed by atoms with Crippen molar-refractivity contribution in [3.8, 4) is 0 Å². The first kappa shape index (κ1) is 14.1. The highest BCUT2D eigenvalue weighted by molar-refractivity contribution is 5.97. The van der Waals surface area contributed by atoms with E-state index in [-0.39, 0.29) is 23.8 Å². The molecule has 1 aliphatic carbocycles. The Kier molecular flexibility index (Phi) is 3.70. The number of nitrogens with zero attached hydrogens (tertiary/aromatic N) is 1. The average molecular weight is 287 g/mol. The van der Waals surface area contributed by atoms with Gasteiger partial charge in [-0.2, -0.15) is 0 Å². The summed E-state index contributed by atoms with van der Waals surface area (Å²) in [5.74, 6) is -1.15. The fourth-order valence-corrected chi connectivity index (χ4v) is 3.65. The molecule has 0 radical (unpaired) electrons. The van der Waals surface area contributed by atoms with Gasteiger partial charge in [-0.1, -0.05) is 18.2 Å². The van der Waals surface area contributed by atoms with Crippen LogP contribution in [0.2, 0.25) is 0 Å². The molecule has 0 aromatic heterocycles. The number of anilines is 1. The van der Waals surface area contributed by atoms with Crippen molar-refractivity contribution in [2.45, 2.75) is 45.1 Å². The molecule has 1 N–H and O–H groups in total. The minimum atomic E-state index is -0.766. The van der Waals surface area contributed by atoms with Gasteiger partial charge in [0.2, 0.25) is 5.91 Å². The normalized spacial score (nSPS) is 28.2. The molecule has 0 bridgehead atoms. The number of aryl methyl sites for hydroxylation is 1. The number of hydrogen-bond acceptors (Lipinski definition) is 2.